The van der Waals surface area contributed by atoms with Gasteiger partial charge in [-0.3, -0.25) is 9.59 Å². The highest BCUT2D eigenvalue weighted by molar-refractivity contribution is 5.70. The zero-order chi connectivity index (χ0) is 60.5. The Hall–Kier alpha value is -6.30. The second-order valence-electron chi connectivity index (χ2n) is 20.4. The molecule has 462 valence electrons. The van der Waals surface area contributed by atoms with Crippen LogP contribution in [-0.4, -0.2) is 36.4 Å². The molecule has 0 aliphatic heterocycles. The molecule has 84 heavy (non-hydrogen) atoms. The lowest BCUT2D eigenvalue weighted by Gasteiger charge is -2.15. The molecule has 0 aliphatic rings. The van der Waals surface area contributed by atoms with Gasteiger partial charge in [-0.05, 0) is 167 Å². The van der Waals surface area contributed by atoms with Crippen LogP contribution in [0.1, 0.15) is 219 Å². The first-order valence-electron chi connectivity index (χ1n) is 32.6. The van der Waals surface area contributed by atoms with Crippen molar-refractivity contribution >= 4 is 11.9 Å². The fourth-order valence-electron chi connectivity index (χ4n) is 7.84. The van der Waals surface area contributed by atoms with E-state index in [9.17, 15) is 14.7 Å². The van der Waals surface area contributed by atoms with Crippen LogP contribution < -0.4 is 0 Å². The number of carbonyl (C=O) groups excluding carboxylic acids is 2. The van der Waals surface area contributed by atoms with Crippen LogP contribution in [0.15, 0.2) is 243 Å². The lowest BCUT2D eigenvalue weighted by Crippen LogP contribution is -2.28. The lowest BCUT2D eigenvalue weighted by atomic mass is 10.1. The summed E-state index contributed by atoms with van der Waals surface area (Å²) in [5.41, 5.74) is 0. The molecule has 0 aromatic heterocycles. The number of esters is 2. The van der Waals surface area contributed by atoms with E-state index in [4.69, 9.17) is 9.47 Å². The summed E-state index contributed by atoms with van der Waals surface area (Å²) >= 11 is 0. The Morgan fingerprint density at radius 2 is 0.476 bits per heavy atom. The molecule has 1 N–H and O–H groups in total. The average Bonchev–Trinajstić information content (AvgIpc) is 3.51. The number of aliphatic hydroxyl groups is 1. The molecule has 1 unspecified atom stereocenters. The second-order valence-corrected chi connectivity index (χ2v) is 20.4. The van der Waals surface area contributed by atoms with Crippen molar-refractivity contribution in [1.82, 2.24) is 0 Å². The molecule has 0 bridgehead atoms. The van der Waals surface area contributed by atoms with E-state index >= 15 is 0 Å². The summed E-state index contributed by atoms with van der Waals surface area (Å²) in [4.78, 5) is 24.6. The molecule has 5 heteroatoms. The zero-order valence-corrected chi connectivity index (χ0v) is 52.8. The minimum Gasteiger partial charge on any atom is -0.462 e. The number of ether oxygens (including phenoxy) is 2. The van der Waals surface area contributed by atoms with Crippen LogP contribution in [0.5, 0.6) is 0 Å². The second kappa shape index (κ2) is 71.0. The molecule has 0 spiro atoms. The van der Waals surface area contributed by atoms with Crippen molar-refractivity contribution < 1.29 is 24.2 Å². The van der Waals surface area contributed by atoms with Crippen molar-refractivity contribution in [2.75, 3.05) is 13.2 Å². The van der Waals surface area contributed by atoms with E-state index < -0.39 is 6.10 Å². The van der Waals surface area contributed by atoms with Crippen LogP contribution in [0.2, 0.25) is 0 Å². The van der Waals surface area contributed by atoms with Crippen molar-refractivity contribution in [3.8, 4) is 0 Å². The van der Waals surface area contributed by atoms with Gasteiger partial charge in [-0.25, -0.2) is 0 Å². The highest BCUT2D eigenvalue weighted by Crippen LogP contribution is 2.11. The molecular weight excluding hydrogens is 1030 g/mol. The van der Waals surface area contributed by atoms with Crippen LogP contribution in [0.4, 0.5) is 0 Å². The Balaban J connectivity index is 3.73. The van der Waals surface area contributed by atoms with Crippen LogP contribution >= 0.6 is 0 Å². The van der Waals surface area contributed by atoms with Crippen molar-refractivity contribution in [2.45, 2.75) is 225 Å². The molecule has 0 rings (SSSR count). The Labute approximate surface area is 515 Å². The van der Waals surface area contributed by atoms with Gasteiger partial charge in [0.25, 0.3) is 0 Å². The number of unbranched alkanes of at least 4 members (excludes halogenated alkanes) is 8. The fraction of sp³-hybridized carbons (Fsp3) is 0.468. The number of allylic oxidation sites excluding steroid dienone is 40. The van der Waals surface area contributed by atoms with Crippen LogP contribution in [0.3, 0.4) is 0 Å². The van der Waals surface area contributed by atoms with E-state index in [0.29, 0.717) is 12.8 Å². The van der Waals surface area contributed by atoms with E-state index in [1.165, 1.54) is 0 Å². The van der Waals surface area contributed by atoms with Gasteiger partial charge in [-0.1, -0.05) is 283 Å². The monoisotopic (exact) mass is 1140 g/mol. The third kappa shape index (κ3) is 68.2. The van der Waals surface area contributed by atoms with Crippen LogP contribution in [0.25, 0.3) is 0 Å². The maximum absolute atomic E-state index is 12.3. The molecule has 5 nitrogen and oxygen atoms in total. The van der Waals surface area contributed by atoms with Gasteiger partial charge in [0.15, 0.2) is 6.10 Å². The first-order valence-corrected chi connectivity index (χ1v) is 32.6. The van der Waals surface area contributed by atoms with Gasteiger partial charge in [-0.2, -0.15) is 0 Å². The van der Waals surface area contributed by atoms with Gasteiger partial charge in [0.1, 0.15) is 6.61 Å². The summed E-state index contributed by atoms with van der Waals surface area (Å²) in [6.07, 6.45) is 119. The molecule has 0 amide bonds. The molecule has 0 aromatic rings. The SMILES string of the molecule is CC/C=C\C/C=C\C/C=C\C/C=C\C/C=C\C/C=C\C/C=C\C/C=C\C/C=C\C/C=C\C/C=C\CCCCCCCC(=O)OC(CO)COC(=O)CCCCC/C=C\C/C=C\C/C=C\C/C=C\C/C=C\C/C=C\C/C=C\C/C=C\C/C=C\CC. The molecule has 0 radical (unpaired) electrons. The summed E-state index contributed by atoms with van der Waals surface area (Å²) in [6.45, 7) is 3.85. The van der Waals surface area contributed by atoms with E-state index in [1.54, 1.807) is 0 Å². The number of carbonyl (C=O) groups is 2. The van der Waals surface area contributed by atoms with Gasteiger partial charge in [0, 0.05) is 12.8 Å². The molecular formula is C79H116O5. The fourth-order valence-corrected chi connectivity index (χ4v) is 7.84. The molecule has 0 saturated heterocycles. The number of aliphatic hydroxyl groups excluding tert-OH is 1. The van der Waals surface area contributed by atoms with Crippen molar-refractivity contribution in [3.05, 3.63) is 243 Å². The number of hydrogen-bond donors (Lipinski definition) is 1. The largest absolute Gasteiger partial charge is 0.462 e. The predicted octanol–water partition coefficient (Wildman–Crippen LogP) is 23.1. The maximum Gasteiger partial charge on any atom is 0.306 e. The molecule has 0 aromatic carbocycles. The number of rotatable bonds is 56. The molecule has 0 aliphatic carbocycles. The Kier molecular flexibility index (Phi) is 65.6. The number of hydrogen-bond acceptors (Lipinski definition) is 5. The van der Waals surface area contributed by atoms with Crippen molar-refractivity contribution in [1.29, 1.82) is 0 Å². The topological polar surface area (TPSA) is 72.8 Å². The van der Waals surface area contributed by atoms with Gasteiger partial charge in [-0.15, -0.1) is 0 Å². The quantitative estimate of drug-likeness (QED) is 0.0373. The molecule has 1 atom stereocenters. The normalized spacial score (nSPS) is 13.9. The molecule has 0 heterocycles. The maximum atomic E-state index is 12.3. The Bertz CT molecular complexity index is 2130. The summed E-state index contributed by atoms with van der Waals surface area (Å²) < 4.78 is 10.7. The molecule has 0 fully saturated rings. The highest BCUT2D eigenvalue weighted by Gasteiger charge is 2.16. The molecule has 0 saturated carbocycles. The summed E-state index contributed by atoms with van der Waals surface area (Å²) in [6, 6.07) is 0. The van der Waals surface area contributed by atoms with Gasteiger partial charge < -0.3 is 14.6 Å². The third-order valence-electron chi connectivity index (χ3n) is 12.6. The smallest absolute Gasteiger partial charge is 0.306 e. The van der Waals surface area contributed by atoms with Crippen LogP contribution in [-0.2, 0) is 19.1 Å². The summed E-state index contributed by atoms with van der Waals surface area (Å²) in [5.74, 6) is -0.673. The van der Waals surface area contributed by atoms with Crippen molar-refractivity contribution in [3.63, 3.8) is 0 Å². The van der Waals surface area contributed by atoms with Gasteiger partial charge in [0.2, 0.25) is 0 Å². The minimum absolute atomic E-state index is 0.110. The minimum atomic E-state index is -0.819. The zero-order valence-electron chi connectivity index (χ0n) is 52.8. The average molecular weight is 1150 g/mol. The first-order chi connectivity index (χ1) is 41.6. The first kappa shape index (κ1) is 77.7. The van der Waals surface area contributed by atoms with E-state index in [2.05, 4.69) is 257 Å². The van der Waals surface area contributed by atoms with Crippen molar-refractivity contribution in [2.24, 2.45) is 0 Å². The van der Waals surface area contributed by atoms with E-state index in [0.717, 1.165) is 193 Å². The highest BCUT2D eigenvalue weighted by atomic mass is 16.6. The van der Waals surface area contributed by atoms with E-state index in [-0.39, 0.29) is 25.2 Å². The van der Waals surface area contributed by atoms with E-state index in [1.807, 2.05) is 0 Å². The summed E-state index contributed by atoms with van der Waals surface area (Å²) in [7, 11) is 0. The van der Waals surface area contributed by atoms with Crippen LogP contribution in [0, 0.1) is 0 Å². The Morgan fingerprint density at radius 3 is 0.726 bits per heavy atom. The van der Waals surface area contributed by atoms with Gasteiger partial charge >= 0.3 is 11.9 Å². The standard InChI is InChI=1S/C79H116O5/c1-3-5-7-9-11-13-15-17-19-21-23-25-27-29-31-33-35-36-37-38-39-40-41-42-44-46-48-50-52-54-56-58-60-62-64-66-68-70-72-74-79(82)84-77(75-80)76-83-78(81)73-71-69-67-65-63-61-59-57-55-53-51-49-47-45-43-34-32-30-28-26-24-22-20-18-16-14-12-10-8-6-4-2/h5-8,11-14,17-20,23-26,29-32,35-36,38-39,41-43,45-46,48-49,51-52,54-55,57-58,60-61,63,77,80H,3-4,9-10,15-16,21-22,27-28,33-34,37,40,44,47,50,53,56,59,62,64-76H2,1-2H3/b7-5-,8-6-,13-11-,14-12-,19-17-,20-18-,25-23-,26-24-,31-29-,32-30-,36-35-,39-38-,42-41-,45-43-,48-46-,51-49-,54-52-,57-55-,60-58-,63-61-. The lowest BCUT2D eigenvalue weighted by molar-refractivity contribution is -0.161. The summed E-state index contributed by atoms with van der Waals surface area (Å²) in [5, 5.41) is 9.68. The predicted molar refractivity (Wildman–Crippen MR) is 370 cm³/mol. The van der Waals surface area contributed by atoms with Gasteiger partial charge in [0.05, 0.1) is 6.61 Å². The third-order valence-corrected chi connectivity index (χ3v) is 12.6. The Morgan fingerprint density at radius 1 is 0.274 bits per heavy atom.